The number of carbonyl (C=O) groups excluding carboxylic acids is 1. The van der Waals surface area contributed by atoms with Crippen LogP contribution < -0.4 is 15.4 Å². The largest absolute Gasteiger partial charge is 0.482 e. The van der Waals surface area contributed by atoms with Crippen LogP contribution in [0.25, 0.3) is 0 Å². The molecule has 2 bridgehead atoms. The van der Waals surface area contributed by atoms with Gasteiger partial charge < -0.3 is 20.3 Å². The van der Waals surface area contributed by atoms with Gasteiger partial charge >= 0.3 is 0 Å². The number of hydrogen-bond acceptors (Lipinski definition) is 4. The molecule has 3 saturated heterocycles. The monoisotopic (exact) mass is 287 g/mol. The SMILES string of the molecule is O=C1COc2ccc(CNC3CN4CCC3CC4)cc2N1. The Morgan fingerprint density at radius 2 is 2.19 bits per heavy atom. The highest BCUT2D eigenvalue weighted by atomic mass is 16.5. The molecule has 1 atom stereocenters. The van der Waals surface area contributed by atoms with Crippen LogP contribution in [0.1, 0.15) is 18.4 Å². The maximum atomic E-state index is 11.4. The van der Waals surface area contributed by atoms with Crippen molar-refractivity contribution in [2.24, 2.45) is 5.92 Å². The highest BCUT2D eigenvalue weighted by Gasteiger charge is 2.33. The van der Waals surface area contributed by atoms with E-state index in [4.69, 9.17) is 4.74 Å². The van der Waals surface area contributed by atoms with Crippen LogP contribution in [0, 0.1) is 5.92 Å². The molecule has 112 valence electrons. The predicted molar refractivity (Wildman–Crippen MR) is 80.4 cm³/mol. The molecule has 0 saturated carbocycles. The Morgan fingerprint density at radius 3 is 2.95 bits per heavy atom. The first-order valence-corrected chi connectivity index (χ1v) is 7.79. The molecule has 5 rings (SSSR count). The highest BCUT2D eigenvalue weighted by Crippen LogP contribution is 2.30. The molecule has 4 heterocycles. The zero-order valence-corrected chi connectivity index (χ0v) is 12.1. The fourth-order valence-corrected chi connectivity index (χ4v) is 3.69. The Bertz CT molecular complexity index is 552. The number of nitrogens with zero attached hydrogens (tertiary/aromatic N) is 1. The van der Waals surface area contributed by atoms with Gasteiger partial charge in [-0.3, -0.25) is 4.79 Å². The molecule has 1 aromatic carbocycles. The Kier molecular flexibility index (Phi) is 3.31. The normalized spacial score (nSPS) is 30.5. The predicted octanol–water partition coefficient (Wildman–Crippen LogP) is 1.20. The first-order valence-electron chi connectivity index (χ1n) is 7.79. The summed E-state index contributed by atoms with van der Waals surface area (Å²) in [5, 5.41) is 6.56. The van der Waals surface area contributed by atoms with Gasteiger partial charge in [0, 0.05) is 19.1 Å². The van der Waals surface area contributed by atoms with E-state index in [0.717, 1.165) is 23.9 Å². The molecule has 0 aliphatic carbocycles. The molecule has 4 aliphatic heterocycles. The quantitative estimate of drug-likeness (QED) is 0.877. The number of piperidine rings is 3. The molecule has 0 aromatic heterocycles. The van der Waals surface area contributed by atoms with E-state index >= 15 is 0 Å². The summed E-state index contributed by atoms with van der Waals surface area (Å²) in [4.78, 5) is 13.9. The number of nitrogens with one attached hydrogen (secondary N) is 2. The van der Waals surface area contributed by atoms with Crippen molar-refractivity contribution in [1.82, 2.24) is 10.2 Å². The van der Waals surface area contributed by atoms with Crippen molar-refractivity contribution in [2.45, 2.75) is 25.4 Å². The van der Waals surface area contributed by atoms with Crippen LogP contribution in [0.5, 0.6) is 5.75 Å². The minimum atomic E-state index is -0.0787. The average molecular weight is 287 g/mol. The van der Waals surface area contributed by atoms with E-state index in [0.29, 0.717) is 6.04 Å². The lowest BCUT2D eigenvalue weighted by Crippen LogP contribution is -2.55. The first-order chi connectivity index (χ1) is 10.3. The molecule has 2 N–H and O–H groups in total. The first kappa shape index (κ1) is 13.1. The summed E-state index contributed by atoms with van der Waals surface area (Å²) in [5.41, 5.74) is 1.98. The molecule has 5 heteroatoms. The van der Waals surface area contributed by atoms with Gasteiger partial charge in [-0.05, 0) is 49.5 Å². The van der Waals surface area contributed by atoms with E-state index < -0.39 is 0 Å². The molecule has 5 nitrogen and oxygen atoms in total. The summed E-state index contributed by atoms with van der Waals surface area (Å²) in [6, 6.07) is 6.64. The number of carbonyl (C=O) groups is 1. The van der Waals surface area contributed by atoms with Crippen molar-refractivity contribution in [3.05, 3.63) is 23.8 Å². The van der Waals surface area contributed by atoms with E-state index in [1.54, 1.807) is 0 Å². The number of rotatable bonds is 3. The Labute approximate surface area is 124 Å². The van der Waals surface area contributed by atoms with Gasteiger partial charge in [-0.2, -0.15) is 0 Å². The minimum Gasteiger partial charge on any atom is -0.482 e. The molecular weight excluding hydrogens is 266 g/mol. The van der Waals surface area contributed by atoms with Gasteiger partial charge in [0.15, 0.2) is 6.61 Å². The molecule has 4 aliphatic rings. The minimum absolute atomic E-state index is 0.0787. The third-order valence-corrected chi connectivity index (χ3v) is 4.90. The number of anilines is 1. The standard InChI is InChI=1S/C16H21N3O2/c20-16-10-21-15-2-1-11(7-13(15)18-16)8-17-14-9-19-5-3-12(14)4-6-19/h1-2,7,12,14,17H,3-6,8-10H2,(H,18,20). The van der Waals surface area contributed by atoms with Gasteiger partial charge in [0.1, 0.15) is 5.75 Å². The zero-order chi connectivity index (χ0) is 14.2. The molecule has 1 amide bonds. The van der Waals surface area contributed by atoms with Gasteiger partial charge in [-0.1, -0.05) is 6.07 Å². The van der Waals surface area contributed by atoms with Crippen molar-refractivity contribution in [3.8, 4) is 5.75 Å². The van der Waals surface area contributed by atoms with Crippen molar-refractivity contribution in [2.75, 3.05) is 31.6 Å². The maximum absolute atomic E-state index is 11.4. The molecule has 21 heavy (non-hydrogen) atoms. The fourth-order valence-electron chi connectivity index (χ4n) is 3.69. The number of benzene rings is 1. The number of fused-ring (bicyclic) bond motifs is 4. The summed E-state index contributed by atoms with van der Waals surface area (Å²) in [5.74, 6) is 1.52. The van der Waals surface area contributed by atoms with Crippen LogP contribution in [0.4, 0.5) is 5.69 Å². The summed E-state index contributed by atoms with van der Waals surface area (Å²) in [7, 11) is 0. The highest BCUT2D eigenvalue weighted by molar-refractivity contribution is 5.95. The number of hydrogen-bond donors (Lipinski definition) is 2. The summed E-state index contributed by atoms with van der Waals surface area (Å²) < 4.78 is 5.39. The van der Waals surface area contributed by atoms with Crippen molar-refractivity contribution < 1.29 is 9.53 Å². The maximum Gasteiger partial charge on any atom is 0.262 e. The van der Waals surface area contributed by atoms with Gasteiger partial charge in [0.25, 0.3) is 5.91 Å². The molecule has 0 spiro atoms. The number of ether oxygens (including phenoxy) is 1. The fraction of sp³-hybridized carbons (Fsp3) is 0.562. The van der Waals surface area contributed by atoms with Crippen LogP contribution in [0.2, 0.25) is 0 Å². The van der Waals surface area contributed by atoms with E-state index in [9.17, 15) is 4.79 Å². The second-order valence-corrected chi connectivity index (χ2v) is 6.29. The summed E-state index contributed by atoms with van der Waals surface area (Å²) in [6.45, 7) is 4.67. The topological polar surface area (TPSA) is 53.6 Å². The van der Waals surface area contributed by atoms with Crippen LogP contribution in [-0.2, 0) is 11.3 Å². The summed E-state index contributed by atoms with van der Waals surface area (Å²) >= 11 is 0. The van der Waals surface area contributed by atoms with E-state index in [1.165, 1.54) is 38.0 Å². The lowest BCUT2D eigenvalue weighted by Gasteiger charge is -2.45. The molecular formula is C16H21N3O2. The van der Waals surface area contributed by atoms with Crippen molar-refractivity contribution in [3.63, 3.8) is 0 Å². The van der Waals surface area contributed by atoms with E-state index in [2.05, 4.69) is 21.6 Å². The second-order valence-electron chi connectivity index (χ2n) is 6.29. The van der Waals surface area contributed by atoms with Gasteiger partial charge in [0.05, 0.1) is 5.69 Å². The molecule has 3 fully saturated rings. The zero-order valence-electron chi connectivity index (χ0n) is 12.1. The molecule has 1 unspecified atom stereocenters. The second kappa shape index (κ2) is 5.31. The van der Waals surface area contributed by atoms with Gasteiger partial charge in [0.2, 0.25) is 0 Å². The lowest BCUT2D eigenvalue weighted by molar-refractivity contribution is -0.118. The molecule has 1 aromatic rings. The number of amides is 1. The third-order valence-electron chi connectivity index (χ3n) is 4.90. The van der Waals surface area contributed by atoms with Gasteiger partial charge in [-0.25, -0.2) is 0 Å². The van der Waals surface area contributed by atoms with Crippen LogP contribution in [0.3, 0.4) is 0 Å². The van der Waals surface area contributed by atoms with Crippen LogP contribution in [0.15, 0.2) is 18.2 Å². The van der Waals surface area contributed by atoms with Crippen molar-refractivity contribution in [1.29, 1.82) is 0 Å². The van der Waals surface area contributed by atoms with Crippen molar-refractivity contribution >= 4 is 11.6 Å². The van der Waals surface area contributed by atoms with Crippen LogP contribution >= 0.6 is 0 Å². The van der Waals surface area contributed by atoms with Crippen LogP contribution in [-0.4, -0.2) is 43.1 Å². The average Bonchev–Trinajstić information content (AvgIpc) is 2.53. The smallest absolute Gasteiger partial charge is 0.262 e. The lowest BCUT2D eigenvalue weighted by atomic mass is 9.84. The van der Waals surface area contributed by atoms with E-state index in [1.807, 2.05) is 12.1 Å². The summed E-state index contributed by atoms with van der Waals surface area (Å²) in [6.07, 6.45) is 2.65. The Balaban J connectivity index is 1.41. The Morgan fingerprint density at radius 1 is 1.33 bits per heavy atom. The third kappa shape index (κ3) is 2.63. The Hall–Kier alpha value is -1.59. The van der Waals surface area contributed by atoms with Gasteiger partial charge in [-0.15, -0.1) is 0 Å². The molecule has 0 radical (unpaired) electrons. The van der Waals surface area contributed by atoms with E-state index in [-0.39, 0.29) is 12.5 Å².